The highest BCUT2D eigenvalue weighted by atomic mass is 28.4. The summed E-state index contributed by atoms with van der Waals surface area (Å²) in [6.45, 7) is 6.07. The minimum absolute atomic E-state index is 0.743. The molecule has 0 atom stereocenters. The van der Waals surface area contributed by atoms with Crippen LogP contribution in [0, 0.1) is 0 Å². The average Bonchev–Trinajstić information content (AvgIpc) is 2.46. The van der Waals surface area contributed by atoms with Gasteiger partial charge in [0.15, 0.2) is 0 Å². The van der Waals surface area contributed by atoms with E-state index in [0.717, 1.165) is 24.3 Å². The van der Waals surface area contributed by atoms with E-state index in [1.807, 2.05) is 0 Å². The predicted octanol–water partition coefficient (Wildman–Crippen LogP) is 6.73. The zero-order chi connectivity index (χ0) is 16.4. The third-order valence-electron chi connectivity index (χ3n) is 6.09. The molecule has 0 aromatic heterocycles. The van der Waals surface area contributed by atoms with Crippen molar-refractivity contribution >= 4 is 8.56 Å². The SMILES string of the molecule is CCO[Si](OCC)(C1CCCCCCC1)C1CCCCCCC1. The second kappa shape index (κ2) is 10.9. The van der Waals surface area contributed by atoms with Crippen LogP contribution in [0.25, 0.3) is 0 Å². The fourth-order valence-corrected chi connectivity index (χ4v) is 10.0. The van der Waals surface area contributed by atoms with Gasteiger partial charge in [-0.3, -0.25) is 0 Å². The molecule has 0 aliphatic heterocycles. The van der Waals surface area contributed by atoms with Gasteiger partial charge < -0.3 is 8.85 Å². The Bertz CT molecular complexity index is 262. The van der Waals surface area contributed by atoms with Crippen LogP contribution in [0.5, 0.6) is 0 Å². The maximum atomic E-state index is 6.66. The van der Waals surface area contributed by atoms with E-state index in [-0.39, 0.29) is 0 Å². The Kier molecular flexibility index (Phi) is 9.21. The van der Waals surface area contributed by atoms with Gasteiger partial charge >= 0.3 is 8.56 Å². The molecular formula is C20H40O2Si. The van der Waals surface area contributed by atoms with Gasteiger partial charge in [0.1, 0.15) is 0 Å². The van der Waals surface area contributed by atoms with Crippen molar-refractivity contribution in [1.29, 1.82) is 0 Å². The maximum Gasteiger partial charge on any atom is 0.344 e. The first-order valence-electron chi connectivity index (χ1n) is 10.6. The summed E-state index contributed by atoms with van der Waals surface area (Å²) in [5.74, 6) is 0. The van der Waals surface area contributed by atoms with Crippen molar-refractivity contribution in [1.82, 2.24) is 0 Å². The lowest BCUT2D eigenvalue weighted by Crippen LogP contribution is -2.51. The molecule has 2 nitrogen and oxygen atoms in total. The van der Waals surface area contributed by atoms with E-state index in [1.54, 1.807) is 0 Å². The van der Waals surface area contributed by atoms with Crippen LogP contribution >= 0.6 is 0 Å². The lowest BCUT2D eigenvalue weighted by molar-refractivity contribution is 0.150. The fourth-order valence-electron chi connectivity index (χ4n) is 5.01. The van der Waals surface area contributed by atoms with Gasteiger partial charge in [0.2, 0.25) is 0 Å². The van der Waals surface area contributed by atoms with Gasteiger partial charge in [-0.05, 0) is 39.5 Å². The van der Waals surface area contributed by atoms with Crippen LogP contribution < -0.4 is 0 Å². The van der Waals surface area contributed by atoms with E-state index in [0.29, 0.717) is 0 Å². The van der Waals surface area contributed by atoms with Crippen LogP contribution in [-0.4, -0.2) is 21.8 Å². The average molecular weight is 341 g/mol. The van der Waals surface area contributed by atoms with Gasteiger partial charge in [-0.15, -0.1) is 0 Å². The molecule has 0 amide bonds. The van der Waals surface area contributed by atoms with Crippen molar-refractivity contribution in [2.75, 3.05) is 13.2 Å². The molecule has 0 radical (unpaired) electrons. The first-order chi connectivity index (χ1) is 11.3. The van der Waals surface area contributed by atoms with Crippen LogP contribution in [0.4, 0.5) is 0 Å². The quantitative estimate of drug-likeness (QED) is 0.499. The Morgan fingerprint density at radius 1 is 0.565 bits per heavy atom. The number of hydrogen-bond donors (Lipinski definition) is 0. The van der Waals surface area contributed by atoms with Gasteiger partial charge in [-0.1, -0.05) is 64.2 Å². The summed E-state index contributed by atoms with van der Waals surface area (Å²) in [4.78, 5) is 0. The largest absolute Gasteiger partial charge is 0.394 e. The molecule has 0 aromatic rings. The summed E-state index contributed by atoms with van der Waals surface area (Å²) in [7, 11) is -2.10. The van der Waals surface area contributed by atoms with E-state index >= 15 is 0 Å². The molecule has 2 fully saturated rings. The molecule has 3 heteroatoms. The topological polar surface area (TPSA) is 18.5 Å². The minimum atomic E-state index is -2.10. The fraction of sp³-hybridized carbons (Fsp3) is 1.00. The molecule has 0 heterocycles. The minimum Gasteiger partial charge on any atom is -0.394 e. The molecule has 136 valence electrons. The summed E-state index contributed by atoms with van der Waals surface area (Å²) in [5.41, 5.74) is 1.49. The van der Waals surface area contributed by atoms with E-state index in [1.165, 1.54) is 89.9 Å². The standard InChI is InChI=1S/C20H40O2Si/c1-3-21-23(22-4-2,19-15-11-7-5-8-12-16-19)20-17-13-9-6-10-14-18-20/h19-20H,3-18H2,1-2H3. The monoisotopic (exact) mass is 340 g/mol. The Labute approximate surface area is 146 Å². The van der Waals surface area contributed by atoms with E-state index in [9.17, 15) is 0 Å². The molecule has 0 saturated heterocycles. The predicted molar refractivity (Wildman–Crippen MR) is 101 cm³/mol. The van der Waals surface area contributed by atoms with Gasteiger partial charge in [-0.25, -0.2) is 0 Å². The highest BCUT2D eigenvalue weighted by Gasteiger charge is 2.51. The van der Waals surface area contributed by atoms with Crippen molar-refractivity contribution in [3.8, 4) is 0 Å². The summed E-state index contributed by atoms with van der Waals surface area (Å²) in [6.07, 6.45) is 19.6. The van der Waals surface area contributed by atoms with Crippen LogP contribution in [-0.2, 0) is 8.85 Å². The number of rotatable bonds is 6. The zero-order valence-electron chi connectivity index (χ0n) is 15.8. The highest BCUT2D eigenvalue weighted by molar-refractivity contribution is 6.70. The smallest absolute Gasteiger partial charge is 0.344 e. The van der Waals surface area contributed by atoms with Crippen molar-refractivity contribution in [2.24, 2.45) is 0 Å². The molecule has 0 N–H and O–H groups in total. The maximum absolute atomic E-state index is 6.66. The zero-order valence-corrected chi connectivity index (χ0v) is 16.8. The summed E-state index contributed by atoms with van der Waals surface area (Å²) >= 11 is 0. The van der Waals surface area contributed by atoms with Gasteiger partial charge in [0.05, 0.1) is 0 Å². The van der Waals surface area contributed by atoms with Gasteiger partial charge in [-0.2, -0.15) is 0 Å². The Hall–Kier alpha value is 0.137. The third kappa shape index (κ3) is 5.57. The van der Waals surface area contributed by atoms with E-state index in [4.69, 9.17) is 8.85 Å². The second-order valence-corrected chi connectivity index (χ2v) is 11.3. The van der Waals surface area contributed by atoms with Crippen LogP contribution in [0.2, 0.25) is 11.1 Å². The highest BCUT2D eigenvalue weighted by Crippen LogP contribution is 2.47. The summed E-state index contributed by atoms with van der Waals surface area (Å²) in [5, 5.41) is 0. The Morgan fingerprint density at radius 3 is 1.17 bits per heavy atom. The Morgan fingerprint density at radius 2 is 0.870 bits per heavy atom. The molecule has 2 rings (SSSR count). The lowest BCUT2D eigenvalue weighted by atomic mass is 10.00. The van der Waals surface area contributed by atoms with E-state index in [2.05, 4.69) is 13.8 Å². The molecule has 0 spiro atoms. The van der Waals surface area contributed by atoms with Gasteiger partial charge in [0.25, 0.3) is 0 Å². The normalized spacial score (nSPS) is 23.7. The molecular weight excluding hydrogens is 300 g/mol. The summed E-state index contributed by atoms with van der Waals surface area (Å²) < 4.78 is 13.3. The first-order valence-corrected chi connectivity index (χ1v) is 12.6. The van der Waals surface area contributed by atoms with Crippen LogP contribution in [0.3, 0.4) is 0 Å². The molecule has 0 aromatic carbocycles. The molecule has 23 heavy (non-hydrogen) atoms. The molecule has 2 saturated carbocycles. The second-order valence-electron chi connectivity index (χ2n) is 7.67. The Balaban J connectivity index is 2.19. The lowest BCUT2D eigenvalue weighted by Gasteiger charge is -2.44. The first kappa shape index (κ1) is 19.5. The van der Waals surface area contributed by atoms with Crippen LogP contribution in [0.15, 0.2) is 0 Å². The molecule has 2 aliphatic rings. The van der Waals surface area contributed by atoms with Crippen molar-refractivity contribution < 1.29 is 8.85 Å². The number of hydrogen-bond acceptors (Lipinski definition) is 2. The molecule has 0 unspecified atom stereocenters. The van der Waals surface area contributed by atoms with Crippen molar-refractivity contribution in [2.45, 2.75) is 115 Å². The van der Waals surface area contributed by atoms with Crippen molar-refractivity contribution in [3.05, 3.63) is 0 Å². The van der Waals surface area contributed by atoms with Gasteiger partial charge in [0, 0.05) is 24.3 Å². The molecule has 0 bridgehead atoms. The third-order valence-corrected chi connectivity index (χ3v) is 11.0. The molecule has 2 aliphatic carbocycles. The summed E-state index contributed by atoms with van der Waals surface area (Å²) in [6, 6.07) is 0. The van der Waals surface area contributed by atoms with Crippen molar-refractivity contribution in [3.63, 3.8) is 0 Å². The van der Waals surface area contributed by atoms with Crippen LogP contribution in [0.1, 0.15) is 104 Å². The van der Waals surface area contributed by atoms with E-state index < -0.39 is 8.56 Å².